The third-order valence-corrected chi connectivity index (χ3v) is 6.07. The van der Waals surface area contributed by atoms with Gasteiger partial charge in [-0.25, -0.2) is 4.79 Å². The SMILES string of the molecule is CCCCCCN1C(=O)C(=Cc2ccc(-c3ccc(C(=O)OCC)cc3)o2)SC1=S. The van der Waals surface area contributed by atoms with Crippen LogP contribution in [0, 0.1) is 0 Å². The molecule has 1 aliphatic rings. The van der Waals surface area contributed by atoms with Gasteiger partial charge in [0, 0.05) is 18.2 Å². The maximum Gasteiger partial charge on any atom is 0.338 e. The summed E-state index contributed by atoms with van der Waals surface area (Å²) < 4.78 is 11.5. The van der Waals surface area contributed by atoms with E-state index in [2.05, 4.69) is 6.92 Å². The molecule has 1 aromatic carbocycles. The van der Waals surface area contributed by atoms with E-state index >= 15 is 0 Å². The van der Waals surface area contributed by atoms with E-state index in [-0.39, 0.29) is 11.9 Å². The summed E-state index contributed by atoms with van der Waals surface area (Å²) in [5.41, 5.74) is 1.33. The highest BCUT2D eigenvalue weighted by molar-refractivity contribution is 8.26. The third-order valence-electron chi connectivity index (χ3n) is 4.69. The number of hydrogen-bond donors (Lipinski definition) is 0. The molecule has 30 heavy (non-hydrogen) atoms. The first kappa shape index (κ1) is 22.3. The standard InChI is InChI=1S/C23H25NO4S2/c1-3-5-6-7-14-24-21(25)20(30-23(24)29)15-18-12-13-19(28-18)16-8-10-17(11-9-16)22(26)27-4-2/h8-13,15H,3-7,14H2,1-2H3. The molecule has 3 rings (SSSR count). The van der Waals surface area contributed by atoms with Crippen molar-refractivity contribution in [2.75, 3.05) is 13.2 Å². The molecule has 0 aliphatic carbocycles. The molecule has 5 nitrogen and oxygen atoms in total. The van der Waals surface area contributed by atoms with Crippen LogP contribution in [0.4, 0.5) is 0 Å². The van der Waals surface area contributed by atoms with Gasteiger partial charge >= 0.3 is 5.97 Å². The van der Waals surface area contributed by atoms with Crippen LogP contribution in [0.25, 0.3) is 17.4 Å². The molecule has 158 valence electrons. The van der Waals surface area contributed by atoms with Gasteiger partial charge in [-0.15, -0.1) is 0 Å². The van der Waals surface area contributed by atoms with Gasteiger partial charge in [0.1, 0.15) is 15.8 Å². The Hall–Kier alpha value is -2.38. The average molecular weight is 444 g/mol. The molecule has 7 heteroatoms. The number of rotatable bonds is 9. The Morgan fingerprint density at radius 1 is 1.13 bits per heavy atom. The van der Waals surface area contributed by atoms with Gasteiger partial charge in [-0.1, -0.05) is 62.3 Å². The predicted octanol–water partition coefficient (Wildman–Crippen LogP) is 5.90. The Kier molecular flexibility index (Phi) is 7.87. The molecule has 1 fully saturated rings. The van der Waals surface area contributed by atoms with Crippen LogP contribution < -0.4 is 0 Å². The summed E-state index contributed by atoms with van der Waals surface area (Å²) in [7, 11) is 0. The van der Waals surface area contributed by atoms with Crippen LogP contribution >= 0.6 is 24.0 Å². The number of amides is 1. The molecule has 1 amide bonds. The van der Waals surface area contributed by atoms with E-state index in [9.17, 15) is 9.59 Å². The zero-order valence-corrected chi connectivity index (χ0v) is 18.8. The Labute approximate surface area is 186 Å². The second-order valence-corrected chi connectivity index (χ2v) is 8.57. The number of thiocarbonyl (C=S) groups is 1. The third kappa shape index (κ3) is 5.40. The average Bonchev–Trinajstić information content (AvgIpc) is 3.31. The molecular formula is C23H25NO4S2. The molecule has 0 N–H and O–H groups in total. The summed E-state index contributed by atoms with van der Waals surface area (Å²) in [6, 6.07) is 10.7. The van der Waals surface area contributed by atoms with Gasteiger partial charge in [0.05, 0.1) is 17.1 Å². The smallest absolute Gasteiger partial charge is 0.338 e. The van der Waals surface area contributed by atoms with E-state index in [0.29, 0.717) is 39.5 Å². The number of nitrogens with zero attached hydrogens (tertiary/aromatic N) is 1. The fourth-order valence-corrected chi connectivity index (χ4v) is 4.38. The van der Waals surface area contributed by atoms with Gasteiger partial charge in [0.25, 0.3) is 5.91 Å². The molecule has 1 saturated heterocycles. The summed E-state index contributed by atoms with van der Waals surface area (Å²) in [6.45, 7) is 4.94. The number of unbranched alkanes of at least 4 members (excludes halogenated alkanes) is 3. The Balaban J connectivity index is 1.67. The molecular weight excluding hydrogens is 418 g/mol. The van der Waals surface area contributed by atoms with Crippen molar-refractivity contribution >= 4 is 46.3 Å². The molecule has 0 spiro atoms. The summed E-state index contributed by atoms with van der Waals surface area (Å²) in [6.07, 6.45) is 6.12. The van der Waals surface area contributed by atoms with Crippen molar-refractivity contribution < 1.29 is 18.7 Å². The zero-order valence-electron chi connectivity index (χ0n) is 17.2. The Bertz CT molecular complexity index is 946. The molecule has 2 aromatic rings. The van der Waals surface area contributed by atoms with E-state index in [4.69, 9.17) is 21.4 Å². The van der Waals surface area contributed by atoms with E-state index in [0.717, 1.165) is 24.8 Å². The van der Waals surface area contributed by atoms with E-state index in [1.165, 1.54) is 18.2 Å². The summed E-state index contributed by atoms with van der Waals surface area (Å²) >= 11 is 6.69. The number of benzene rings is 1. The van der Waals surface area contributed by atoms with Crippen LogP contribution in [0.15, 0.2) is 45.7 Å². The number of carbonyl (C=O) groups excluding carboxylic acids is 2. The number of ether oxygens (including phenoxy) is 1. The van der Waals surface area contributed by atoms with Gasteiger partial charge in [-0.3, -0.25) is 9.69 Å². The lowest BCUT2D eigenvalue weighted by Crippen LogP contribution is -2.28. The molecule has 0 bridgehead atoms. The first-order valence-electron chi connectivity index (χ1n) is 10.2. The lowest BCUT2D eigenvalue weighted by atomic mass is 10.1. The number of thioether (sulfide) groups is 1. The van der Waals surface area contributed by atoms with Gasteiger partial charge in [-0.05, 0) is 37.6 Å². The Morgan fingerprint density at radius 3 is 2.60 bits per heavy atom. The van der Waals surface area contributed by atoms with E-state index in [1.54, 1.807) is 30.0 Å². The first-order chi connectivity index (χ1) is 14.5. The van der Waals surface area contributed by atoms with Crippen molar-refractivity contribution in [1.29, 1.82) is 0 Å². The van der Waals surface area contributed by atoms with Crippen molar-refractivity contribution in [2.24, 2.45) is 0 Å². The molecule has 0 radical (unpaired) electrons. The van der Waals surface area contributed by atoms with E-state index in [1.807, 2.05) is 24.3 Å². The molecule has 1 aromatic heterocycles. The summed E-state index contributed by atoms with van der Waals surface area (Å²) in [4.78, 5) is 26.7. The van der Waals surface area contributed by atoms with E-state index < -0.39 is 0 Å². The van der Waals surface area contributed by atoms with Crippen molar-refractivity contribution in [3.8, 4) is 11.3 Å². The van der Waals surface area contributed by atoms with Crippen LogP contribution in [0.2, 0.25) is 0 Å². The van der Waals surface area contributed by atoms with Gasteiger partial charge < -0.3 is 9.15 Å². The van der Waals surface area contributed by atoms with Crippen LogP contribution in [0.3, 0.4) is 0 Å². The van der Waals surface area contributed by atoms with Crippen molar-refractivity contribution in [3.63, 3.8) is 0 Å². The monoisotopic (exact) mass is 443 g/mol. The first-order valence-corrected chi connectivity index (χ1v) is 11.4. The molecule has 1 aliphatic heterocycles. The topological polar surface area (TPSA) is 59.8 Å². The predicted molar refractivity (Wildman–Crippen MR) is 124 cm³/mol. The number of furan rings is 1. The second kappa shape index (κ2) is 10.6. The van der Waals surface area contributed by atoms with Gasteiger partial charge in [0.2, 0.25) is 0 Å². The van der Waals surface area contributed by atoms with Crippen LogP contribution in [0.5, 0.6) is 0 Å². The maximum atomic E-state index is 12.7. The van der Waals surface area contributed by atoms with Gasteiger partial charge in [-0.2, -0.15) is 0 Å². The van der Waals surface area contributed by atoms with Crippen molar-refractivity contribution in [2.45, 2.75) is 39.5 Å². The lowest BCUT2D eigenvalue weighted by molar-refractivity contribution is -0.122. The normalized spacial score (nSPS) is 15.3. The highest BCUT2D eigenvalue weighted by Gasteiger charge is 2.31. The number of carbonyl (C=O) groups is 2. The summed E-state index contributed by atoms with van der Waals surface area (Å²) in [5, 5.41) is 0. The number of esters is 1. The largest absolute Gasteiger partial charge is 0.462 e. The minimum absolute atomic E-state index is 0.0572. The maximum absolute atomic E-state index is 12.7. The molecule has 0 unspecified atom stereocenters. The highest BCUT2D eigenvalue weighted by Crippen LogP contribution is 2.34. The Morgan fingerprint density at radius 2 is 1.90 bits per heavy atom. The quantitative estimate of drug-likeness (QED) is 0.208. The zero-order chi connectivity index (χ0) is 21.5. The molecule has 0 saturated carbocycles. The lowest BCUT2D eigenvalue weighted by Gasteiger charge is -2.13. The molecule has 0 atom stereocenters. The van der Waals surface area contributed by atoms with Crippen LogP contribution in [0.1, 0.15) is 55.6 Å². The summed E-state index contributed by atoms with van der Waals surface area (Å²) in [5.74, 6) is 0.844. The minimum Gasteiger partial charge on any atom is -0.462 e. The fourth-order valence-electron chi connectivity index (χ4n) is 3.09. The highest BCUT2D eigenvalue weighted by atomic mass is 32.2. The van der Waals surface area contributed by atoms with Crippen LogP contribution in [-0.4, -0.2) is 34.2 Å². The minimum atomic E-state index is -0.346. The molecule has 2 heterocycles. The number of hydrogen-bond acceptors (Lipinski definition) is 6. The van der Waals surface area contributed by atoms with Crippen molar-refractivity contribution in [1.82, 2.24) is 4.90 Å². The second-order valence-electron chi connectivity index (χ2n) is 6.89. The van der Waals surface area contributed by atoms with Crippen LogP contribution in [-0.2, 0) is 9.53 Å². The fraction of sp³-hybridized carbons (Fsp3) is 0.348. The van der Waals surface area contributed by atoms with Gasteiger partial charge in [0.15, 0.2) is 0 Å². The van der Waals surface area contributed by atoms with Crippen molar-refractivity contribution in [3.05, 3.63) is 52.6 Å².